The molecule has 0 atom stereocenters. The summed E-state index contributed by atoms with van der Waals surface area (Å²) in [6.45, 7) is 3.70. The van der Waals surface area contributed by atoms with E-state index in [2.05, 4.69) is 9.97 Å². The third kappa shape index (κ3) is 2.74. The van der Waals surface area contributed by atoms with Gasteiger partial charge >= 0.3 is 6.18 Å². The summed E-state index contributed by atoms with van der Waals surface area (Å²) in [6, 6.07) is 4.92. The van der Waals surface area contributed by atoms with Gasteiger partial charge in [0.05, 0.1) is 5.56 Å². The molecular formula is C14H14F3N3. The van der Waals surface area contributed by atoms with Crippen molar-refractivity contribution in [2.75, 3.05) is 5.73 Å². The quantitative estimate of drug-likeness (QED) is 0.914. The average Bonchev–Trinajstić information content (AvgIpc) is 2.41. The number of benzene rings is 1. The zero-order chi connectivity index (χ0) is 14.9. The number of hydrogen-bond acceptors (Lipinski definition) is 3. The number of aromatic nitrogens is 2. The van der Waals surface area contributed by atoms with Crippen LogP contribution in [0.3, 0.4) is 0 Å². The summed E-state index contributed by atoms with van der Waals surface area (Å²) in [5, 5.41) is 0. The number of nitrogen functional groups attached to an aromatic ring is 1. The minimum Gasteiger partial charge on any atom is -0.383 e. The van der Waals surface area contributed by atoms with Gasteiger partial charge < -0.3 is 5.73 Å². The van der Waals surface area contributed by atoms with Crippen LogP contribution in [0.4, 0.5) is 19.0 Å². The van der Waals surface area contributed by atoms with E-state index in [1.54, 1.807) is 13.0 Å². The summed E-state index contributed by atoms with van der Waals surface area (Å²) in [4.78, 5) is 8.36. The van der Waals surface area contributed by atoms with Gasteiger partial charge in [-0.3, -0.25) is 0 Å². The average molecular weight is 281 g/mol. The monoisotopic (exact) mass is 281 g/mol. The topological polar surface area (TPSA) is 51.8 Å². The molecule has 0 bridgehead atoms. The molecule has 0 spiro atoms. The van der Waals surface area contributed by atoms with Gasteiger partial charge in [0.15, 0.2) is 5.82 Å². The van der Waals surface area contributed by atoms with E-state index in [9.17, 15) is 13.2 Å². The Bertz CT molecular complexity index is 636. The summed E-state index contributed by atoms with van der Waals surface area (Å²) in [5.74, 6) is 0.514. The lowest BCUT2D eigenvalue weighted by Crippen LogP contribution is -2.07. The fourth-order valence-corrected chi connectivity index (χ4v) is 1.89. The van der Waals surface area contributed by atoms with Crippen molar-refractivity contribution in [3.05, 3.63) is 41.1 Å². The van der Waals surface area contributed by atoms with Crippen molar-refractivity contribution in [1.82, 2.24) is 9.97 Å². The van der Waals surface area contributed by atoms with Crippen molar-refractivity contribution in [1.29, 1.82) is 0 Å². The highest BCUT2D eigenvalue weighted by molar-refractivity contribution is 5.59. The summed E-state index contributed by atoms with van der Waals surface area (Å²) in [5.41, 5.74) is 6.87. The zero-order valence-electron chi connectivity index (χ0n) is 11.1. The highest BCUT2D eigenvalue weighted by atomic mass is 19.4. The van der Waals surface area contributed by atoms with Gasteiger partial charge in [0.2, 0.25) is 0 Å². The fourth-order valence-electron chi connectivity index (χ4n) is 1.89. The van der Waals surface area contributed by atoms with Crippen LogP contribution in [0.2, 0.25) is 0 Å². The summed E-state index contributed by atoms with van der Waals surface area (Å²) >= 11 is 0. The second-order valence-electron chi connectivity index (χ2n) is 4.44. The zero-order valence-corrected chi connectivity index (χ0v) is 11.1. The Labute approximate surface area is 114 Å². The first-order valence-electron chi connectivity index (χ1n) is 6.13. The molecule has 0 aliphatic carbocycles. The molecule has 0 aliphatic heterocycles. The lowest BCUT2D eigenvalue weighted by Gasteiger charge is -2.11. The standard InChI is InChI=1S/C14H14F3N3/c1-3-11-8(2)12(18)20-13(19-11)9-5-4-6-10(7-9)14(15,16)17/h4-7H,3H2,1-2H3,(H2,18,19,20). The lowest BCUT2D eigenvalue weighted by molar-refractivity contribution is -0.137. The number of rotatable bonds is 2. The molecule has 1 heterocycles. The van der Waals surface area contributed by atoms with Gasteiger partial charge in [0.25, 0.3) is 0 Å². The van der Waals surface area contributed by atoms with Crippen LogP contribution in [0.1, 0.15) is 23.7 Å². The Morgan fingerprint density at radius 2 is 1.90 bits per heavy atom. The molecular weight excluding hydrogens is 267 g/mol. The number of nitrogens with two attached hydrogens (primary N) is 1. The van der Waals surface area contributed by atoms with Crippen LogP contribution in [0.25, 0.3) is 11.4 Å². The van der Waals surface area contributed by atoms with Crippen molar-refractivity contribution < 1.29 is 13.2 Å². The van der Waals surface area contributed by atoms with Crippen molar-refractivity contribution in [2.24, 2.45) is 0 Å². The van der Waals surface area contributed by atoms with Crippen LogP contribution in [-0.4, -0.2) is 9.97 Å². The van der Waals surface area contributed by atoms with Crippen LogP contribution >= 0.6 is 0 Å². The van der Waals surface area contributed by atoms with Gasteiger partial charge in [-0.1, -0.05) is 19.1 Å². The minimum absolute atomic E-state index is 0.219. The molecule has 0 saturated carbocycles. The summed E-state index contributed by atoms with van der Waals surface area (Å²) in [7, 11) is 0. The summed E-state index contributed by atoms with van der Waals surface area (Å²) in [6.07, 6.45) is -3.75. The van der Waals surface area contributed by atoms with Crippen molar-refractivity contribution in [3.63, 3.8) is 0 Å². The van der Waals surface area contributed by atoms with E-state index in [0.717, 1.165) is 23.4 Å². The van der Waals surface area contributed by atoms with E-state index < -0.39 is 11.7 Å². The number of halogens is 3. The molecule has 0 saturated heterocycles. The van der Waals surface area contributed by atoms with Crippen molar-refractivity contribution in [2.45, 2.75) is 26.4 Å². The maximum Gasteiger partial charge on any atom is 0.416 e. The van der Waals surface area contributed by atoms with Crippen molar-refractivity contribution >= 4 is 5.82 Å². The van der Waals surface area contributed by atoms with E-state index in [1.165, 1.54) is 6.07 Å². The van der Waals surface area contributed by atoms with Crippen LogP contribution in [0.5, 0.6) is 0 Å². The first-order chi connectivity index (χ1) is 9.32. The van der Waals surface area contributed by atoms with E-state index >= 15 is 0 Å². The minimum atomic E-state index is -4.39. The first kappa shape index (κ1) is 14.3. The number of aryl methyl sites for hydroxylation is 1. The van der Waals surface area contributed by atoms with Crippen LogP contribution in [0.15, 0.2) is 24.3 Å². The third-order valence-electron chi connectivity index (χ3n) is 3.07. The van der Waals surface area contributed by atoms with Crippen LogP contribution in [0, 0.1) is 6.92 Å². The largest absolute Gasteiger partial charge is 0.416 e. The van der Waals surface area contributed by atoms with Gasteiger partial charge in [0.1, 0.15) is 5.82 Å². The van der Waals surface area contributed by atoms with E-state index in [-0.39, 0.29) is 5.82 Å². The fraction of sp³-hybridized carbons (Fsp3) is 0.286. The van der Waals surface area contributed by atoms with Gasteiger partial charge in [-0.05, 0) is 25.5 Å². The molecule has 2 rings (SSSR count). The number of hydrogen-bond donors (Lipinski definition) is 1. The number of anilines is 1. The van der Waals surface area contributed by atoms with Crippen molar-refractivity contribution in [3.8, 4) is 11.4 Å². The van der Waals surface area contributed by atoms with Gasteiger partial charge in [-0.25, -0.2) is 9.97 Å². The van der Waals surface area contributed by atoms with Gasteiger partial charge in [-0.15, -0.1) is 0 Å². The number of alkyl halides is 3. The second kappa shape index (κ2) is 5.11. The normalized spacial score (nSPS) is 11.7. The van der Waals surface area contributed by atoms with Crippen LogP contribution < -0.4 is 5.73 Å². The molecule has 106 valence electrons. The predicted octanol–water partition coefficient (Wildman–Crippen LogP) is 3.62. The van der Waals surface area contributed by atoms with Crippen LogP contribution in [-0.2, 0) is 12.6 Å². The lowest BCUT2D eigenvalue weighted by atomic mass is 10.1. The van der Waals surface area contributed by atoms with E-state index in [1.807, 2.05) is 6.92 Å². The summed E-state index contributed by atoms with van der Waals surface area (Å²) < 4.78 is 38.1. The Morgan fingerprint density at radius 3 is 2.50 bits per heavy atom. The maximum atomic E-state index is 12.7. The maximum absolute atomic E-state index is 12.7. The number of nitrogens with zero attached hydrogens (tertiary/aromatic N) is 2. The highest BCUT2D eigenvalue weighted by Crippen LogP contribution is 2.31. The Morgan fingerprint density at radius 1 is 1.20 bits per heavy atom. The molecule has 2 aromatic rings. The molecule has 0 aliphatic rings. The molecule has 6 heteroatoms. The molecule has 0 fully saturated rings. The molecule has 1 aromatic heterocycles. The van der Waals surface area contributed by atoms with Gasteiger partial charge in [-0.2, -0.15) is 13.2 Å². The molecule has 3 nitrogen and oxygen atoms in total. The van der Waals surface area contributed by atoms with E-state index in [4.69, 9.17) is 5.73 Å². The highest BCUT2D eigenvalue weighted by Gasteiger charge is 2.30. The SMILES string of the molecule is CCc1nc(-c2cccc(C(F)(F)F)c2)nc(N)c1C. The molecule has 1 aromatic carbocycles. The Hall–Kier alpha value is -2.11. The smallest absolute Gasteiger partial charge is 0.383 e. The Balaban J connectivity index is 2.55. The Kier molecular flexibility index (Phi) is 3.65. The molecule has 0 amide bonds. The third-order valence-corrected chi connectivity index (χ3v) is 3.07. The van der Waals surface area contributed by atoms with Gasteiger partial charge in [0, 0.05) is 16.8 Å². The molecule has 0 radical (unpaired) electrons. The molecule has 2 N–H and O–H groups in total. The molecule has 20 heavy (non-hydrogen) atoms. The van der Waals surface area contributed by atoms with E-state index in [0.29, 0.717) is 17.8 Å². The second-order valence-corrected chi connectivity index (χ2v) is 4.44. The predicted molar refractivity (Wildman–Crippen MR) is 71.0 cm³/mol. The molecule has 0 unspecified atom stereocenters. The first-order valence-corrected chi connectivity index (χ1v) is 6.13.